The van der Waals surface area contributed by atoms with Gasteiger partial charge in [0.2, 0.25) is 5.91 Å². The van der Waals surface area contributed by atoms with E-state index in [1.54, 1.807) is 0 Å². The van der Waals surface area contributed by atoms with E-state index in [9.17, 15) is 4.79 Å². The Hall–Kier alpha value is 0.267. The predicted molar refractivity (Wildman–Crippen MR) is 124 cm³/mol. The number of rotatable bonds is 16. The molecule has 8 heteroatoms. The number of allylic oxidation sites excluding steroid dienone is 2. The molecule has 6 nitrogen and oxygen atoms in total. The van der Waals surface area contributed by atoms with Crippen molar-refractivity contribution in [3.8, 4) is 0 Å². The van der Waals surface area contributed by atoms with Crippen LogP contribution >= 0.6 is 0 Å². The van der Waals surface area contributed by atoms with Crippen LogP contribution in [0.15, 0.2) is 12.2 Å². The van der Waals surface area contributed by atoms with Gasteiger partial charge in [0, 0.05) is 6.42 Å². The van der Waals surface area contributed by atoms with Crippen LogP contribution in [0.1, 0.15) is 110 Å². The second kappa shape index (κ2) is 28.3. The van der Waals surface area contributed by atoms with E-state index in [0.29, 0.717) is 6.42 Å². The standard InChI is InChI=1S/C18H35NO.C3H7.Na.H4O4Si/c1-2-3-4-5-6-7-8-9-10-11-12-13-14-15-16-17-18(19)20;1-3-2;;1-5(2,3)4/h9-10H,2-8,11-17H2,1H3,(H2,19,20);1,3H2,2H3;;1-4H/b10-9-;;;. The van der Waals surface area contributed by atoms with Gasteiger partial charge in [0.1, 0.15) is 0 Å². The minimum atomic E-state index is -4.61. The van der Waals surface area contributed by atoms with Gasteiger partial charge in [0.05, 0.1) is 0 Å². The van der Waals surface area contributed by atoms with Crippen molar-refractivity contribution in [2.24, 2.45) is 5.73 Å². The van der Waals surface area contributed by atoms with Gasteiger partial charge in [0.25, 0.3) is 0 Å². The molecule has 0 spiro atoms. The van der Waals surface area contributed by atoms with Crippen LogP contribution in [-0.2, 0) is 4.79 Å². The molecule has 0 aromatic heterocycles. The van der Waals surface area contributed by atoms with E-state index in [1.807, 2.05) is 0 Å². The molecule has 1 amide bonds. The van der Waals surface area contributed by atoms with E-state index < -0.39 is 9.05 Å². The van der Waals surface area contributed by atoms with Crippen LogP contribution in [0.2, 0.25) is 3.67 Å². The van der Waals surface area contributed by atoms with Crippen LogP contribution in [0.3, 0.4) is 0 Å². The monoisotopic (exact) mass is 443 g/mol. The van der Waals surface area contributed by atoms with Crippen LogP contribution in [-0.4, -0.2) is 62.1 Å². The van der Waals surface area contributed by atoms with Gasteiger partial charge in [-0.3, -0.25) is 4.79 Å². The van der Waals surface area contributed by atoms with Crippen molar-refractivity contribution < 1.29 is 24.0 Å². The Morgan fingerprint density at radius 1 is 0.759 bits per heavy atom. The Morgan fingerprint density at radius 3 is 1.45 bits per heavy atom. The summed E-state index contributed by atoms with van der Waals surface area (Å²) in [5.41, 5.74) is 5.10. The molecule has 0 aliphatic rings. The Morgan fingerprint density at radius 2 is 1.10 bits per heavy atom. The molecule has 0 aromatic rings. The Kier molecular flexibility index (Phi) is 33.0. The van der Waals surface area contributed by atoms with Crippen molar-refractivity contribution in [2.75, 3.05) is 0 Å². The normalized spacial score (nSPS) is 10.9. The number of hydrogen-bond donors (Lipinski definition) is 5. The SMILES string of the molecule is CCCCCCCC/C=C\CCCCCCCC(N)=O.CC[CH2][Na].O[Si](O)(O)O. The van der Waals surface area contributed by atoms with Crippen molar-refractivity contribution >= 4 is 42.9 Å². The molecule has 0 atom stereocenters. The first-order valence-electron chi connectivity index (χ1n) is 11.5. The smallest absolute Gasteiger partial charge is 0.368 e. The molecular weight excluding hydrogens is 397 g/mol. The molecule has 0 radical (unpaired) electrons. The van der Waals surface area contributed by atoms with Gasteiger partial charge in [-0.25, -0.2) is 0 Å². The average molecular weight is 444 g/mol. The van der Waals surface area contributed by atoms with E-state index in [2.05, 4.69) is 26.0 Å². The minimum Gasteiger partial charge on any atom is -0.368 e. The van der Waals surface area contributed by atoms with Gasteiger partial charge in [0.15, 0.2) is 0 Å². The number of carbonyl (C=O) groups excluding carboxylic acids is 1. The summed E-state index contributed by atoms with van der Waals surface area (Å²) in [4.78, 5) is 39.9. The fourth-order valence-electron chi connectivity index (χ4n) is 2.37. The molecule has 0 rings (SSSR count). The number of unbranched alkanes of at least 4 members (excludes halogenated alkanes) is 11. The maximum Gasteiger partial charge on any atom is 0.668 e. The molecular formula is C21H46NNaO5Si. The summed E-state index contributed by atoms with van der Waals surface area (Å²) < 4.78 is 1.46. The van der Waals surface area contributed by atoms with E-state index in [4.69, 9.17) is 24.9 Å². The summed E-state index contributed by atoms with van der Waals surface area (Å²) in [5, 5.41) is 0. The van der Waals surface area contributed by atoms with E-state index in [-0.39, 0.29) is 5.91 Å². The van der Waals surface area contributed by atoms with Crippen LogP contribution in [0, 0.1) is 0 Å². The fourth-order valence-corrected chi connectivity index (χ4v) is 2.37. The summed E-state index contributed by atoms with van der Waals surface area (Å²) in [6.45, 7) is 4.48. The first-order chi connectivity index (χ1) is 13.7. The molecule has 29 heavy (non-hydrogen) atoms. The summed E-state index contributed by atoms with van der Waals surface area (Å²) in [6, 6.07) is 0. The van der Waals surface area contributed by atoms with Crippen LogP contribution in [0.5, 0.6) is 0 Å². The molecule has 0 aliphatic carbocycles. The van der Waals surface area contributed by atoms with Gasteiger partial charge in [-0.05, 0) is 32.1 Å². The number of hydrogen-bond acceptors (Lipinski definition) is 5. The van der Waals surface area contributed by atoms with Crippen molar-refractivity contribution in [3.63, 3.8) is 0 Å². The van der Waals surface area contributed by atoms with Gasteiger partial charge in [-0.1, -0.05) is 70.4 Å². The third kappa shape index (κ3) is 58.4. The summed E-state index contributed by atoms with van der Waals surface area (Å²) in [5.74, 6) is -0.164. The second-order valence-electron chi connectivity index (χ2n) is 7.40. The Labute approximate surface area is 197 Å². The third-order valence-corrected chi connectivity index (χ3v) is 5.18. The van der Waals surface area contributed by atoms with Crippen LogP contribution in [0.25, 0.3) is 0 Å². The number of nitrogens with two attached hydrogens (primary N) is 1. The summed E-state index contributed by atoms with van der Waals surface area (Å²) in [7, 11) is -4.61. The first-order valence-corrected chi connectivity index (χ1v) is 14.7. The van der Waals surface area contributed by atoms with Crippen molar-refractivity contribution in [3.05, 3.63) is 12.2 Å². The largest absolute Gasteiger partial charge is 0.668 e. The predicted octanol–water partition coefficient (Wildman–Crippen LogP) is 3.88. The zero-order valence-corrected chi connectivity index (χ0v) is 22.2. The van der Waals surface area contributed by atoms with Crippen LogP contribution in [0.4, 0.5) is 0 Å². The number of carbonyl (C=O) groups is 1. The second-order valence-corrected chi connectivity index (χ2v) is 9.60. The summed E-state index contributed by atoms with van der Waals surface area (Å²) >= 11 is 1.39. The van der Waals surface area contributed by atoms with Gasteiger partial charge < -0.3 is 24.9 Å². The van der Waals surface area contributed by atoms with E-state index in [1.165, 1.54) is 109 Å². The molecule has 6 N–H and O–H groups in total. The van der Waals surface area contributed by atoms with E-state index in [0.717, 1.165) is 12.8 Å². The molecule has 0 unspecified atom stereocenters. The maximum atomic E-state index is 10.5. The molecule has 0 bridgehead atoms. The zero-order chi connectivity index (χ0) is 22.8. The maximum absolute atomic E-state index is 10.5. The van der Waals surface area contributed by atoms with Gasteiger partial charge in [-0.2, -0.15) is 0 Å². The number of primary amides is 1. The van der Waals surface area contributed by atoms with Crippen molar-refractivity contribution in [2.45, 2.75) is 114 Å². The van der Waals surface area contributed by atoms with E-state index >= 15 is 0 Å². The Bertz CT molecular complexity index is 344. The zero-order valence-electron chi connectivity index (χ0n) is 19.2. The van der Waals surface area contributed by atoms with Gasteiger partial charge in [-0.15, -0.1) is 0 Å². The fraction of sp³-hybridized carbons (Fsp3) is 0.857. The summed E-state index contributed by atoms with van der Waals surface area (Å²) in [6.07, 6.45) is 23.3. The van der Waals surface area contributed by atoms with Crippen molar-refractivity contribution in [1.29, 1.82) is 0 Å². The molecule has 0 fully saturated rings. The molecule has 0 saturated heterocycles. The third-order valence-electron chi connectivity index (χ3n) is 4.18. The number of amides is 1. The molecule has 0 heterocycles. The molecule has 170 valence electrons. The molecule has 0 aliphatic heterocycles. The molecule has 0 aromatic carbocycles. The van der Waals surface area contributed by atoms with Crippen molar-refractivity contribution in [1.82, 2.24) is 0 Å². The minimum absolute atomic E-state index is 0.164. The van der Waals surface area contributed by atoms with Crippen LogP contribution < -0.4 is 5.73 Å². The quantitative estimate of drug-likeness (QED) is 0.141. The van der Waals surface area contributed by atoms with Gasteiger partial charge >= 0.3 is 54.0 Å². The topological polar surface area (TPSA) is 124 Å². The molecule has 0 saturated carbocycles. The Balaban J connectivity index is -0.000000623. The average Bonchev–Trinajstić information content (AvgIpc) is 2.63. The first kappa shape index (κ1) is 33.9.